The SMILES string of the molecule is CC(C)N(c1ccc(-c2ccc(-c3ccccc3)cc2)cc1)c1ccc(C(C)(C)C)cc1. The Hall–Kier alpha value is -3.32. The van der Waals surface area contributed by atoms with E-state index in [2.05, 4.69) is 143 Å². The molecule has 0 bridgehead atoms. The molecule has 0 spiro atoms. The van der Waals surface area contributed by atoms with Crippen LogP contribution in [0, 0.1) is 0 Å². The largest absolute Gasteiger partial charge is 0.339 e. The molecule has 0 saturated heterocycles. The number of benzene rings is 4. The Morgan fingerprint density at radius 3 is 1.28 bits per heavy atom. The summed E-state index contributed by atoms with van der Waals surface area (Å²) >= 11 is 0. The van der Waals surface area contributed by atoms with Gasteiger partial charge in [0.15, 0.2) is 0 Å². The van der Waals surface area contributed by atoms with E-state index in [9.17, 15) is 0 Å². The topological polar surface area (TPSA) is 3.24 Å². The summed E-state index contributed by atoms with van der Waals surface area (Å²) in [5.41, 5.74) is 8.94. The van der Waals surface area contributed by atoms with Gasteiger partial charge in [-0.05, 0) is 71.3 Å². The Bertz CT molecular complexity index is 1130. The lowest BCUT2D eigenvalue weighted by Gasteiger charge is -2.30. The van der Waals surface area contributed by atoms with Crippen LogP contribution in [0.15, 0.2) is 103 Å². The molecular weight excluding hydrogens is 386 g/mol. The molecular formula is C31H33N. The number of hydrogen-bond donors (Lipinski definition) is 0. The molecule has 0 aliphatic carbocycles. The van der Waals surface area contributed by atoms with Gasteiger partial charge in [0.1, 0.15) is 0 Å². The van der Waals surface area contributed by atoms with Crippen molar-refractivity contribution in [3.8, 4) is 22.3 Å². The molecule has 0 unspecified atom stereocenters. The molecule has 0 N–H and O–H groups in total. The first-order valence-electron chi connectivity index (χ1n) is 11.5. The molecule has 0 aliphatic rings. The summed E-state index contributed by atoms with van der Waals surface area (Å²) in [7, 11) is 0. The molecule has 162 valence electrons. The molecule has 0 amide bonds. The third kappa shape index (κ3) is 4.78. The molecule has 1 heteroatoms. The molecule has 4 aromatic rings. The summed E-state index contributed by atoms with van der Waals surface area (Å²) in [6, 6.07) is 37.7. The molecule has 4 rings (SSSR count). The van der Waals surface area contributed by atoms with Gasteiger partial charge in [-0.3, -0.25) is 0 Å². The molecule has 0 aromatic heterocycles. The molecule has 0 aliphatic heterocycles. The van der Waals surface area contributed by atoms with Gasteiger partial charge in [0.05, 0.1) is 0 Å². The molecule has 0 atom stereocenters. The summed E-state index contributed by atoms with van der Waals surface area (Å²) in [6.07, 6.45) is 0. The van der Waals surface area contributed by atoms with Gasteiger partial charge in [-0.1, -0.05) is 99.6 Å². The van der Waals surface area contributed by atoms with E-state index in [-0.39, 0.29) is 5.41 Å². The fourth-order valence-electron chi connectivity index (χ4n) is 4.17. The third-order valence-electron chi connectivity index (χ3n) is 6.00. The fourth-order valence-corrected chi connectivity index (χ4v) is 4.17. The van der Waals surface area contributed by atoms with Crippen molar-refractivity contribution in [1.82, 2.24) is 0 Å². The maximum absolute atomic E-state index is 2.40. The first-order valence-corrected chi connectivity index (χ1v) is 11.5. The smallest absolute Gasteiger partial charge is 0.0413 e. The highest BCUT2D eigenvalue weighted by molar-refractivity contribution is 5.73. The Kier molecular flexibility index (Phi) is 6.19. The van der Waals surface area contributed by atoms with Crippen molar-refractivity contribution >= 4 is 11.4 Å². The quantitative estimate of drug-likeness (QED) is 0.312. The highest BCUT2D eigenvalue weighted by Gasteiger charge is 2.17. The van der Waals surface area contributed by atoms with Crippen molar-refractivity contribution in [2.45, 2.75) is 46.1 Å². The first-order chi connectivity index (χ1) is 15.3. The average Bonchev–Trinajstić information content (AvgIpc) is 2.80. The van der Waals surface area contributed by atoms with Crippen molar-refractivity contribution in [2.75, 3.05) is 4.90 Å². The Balaban J connectivity index is 1.57. The molecule has 0 fully saturated rings. The van der Waals surface area contributed by atoms with Gasteiger partial charge < -0.3 is 4.90 Å². The highest BCUT2D eigenvalue weighted by Crippen LogP contribution is 2.32. The minimum atomic E-state index is 0.166. The van der Waals surface area contributed by atoms with Gasteiger partial charge in [-0.2, -0.15) is 0 Å². The number of rotatable bonds is 5. The highest BCUT2D eigenvalue weighted by atomic mass is 15.2. The van der Waals surface area contributed by atoms with Crippen molar-refractivity contribution in [2.24, 2.45) is 0 Å². The van der Waals surface area contributed by atoms with Crippen LogP contribution in [0.4, 0.5) is 11.4 Å². The first kappa shape index (κ1) is 21.9. The van der Waals surface area contributed by atoms with E-state index in [0.717, 1.165) is 0 Å². The van der Waals surface area contributed by atoms with Crippen LogP contribution in [0.1, 0.15) is 40.2 Å². The normalized spacial score (nSPS) is 11.6. The molecule has 32 heavy (non-hydrogen) atoms. The van der Waals surface area contributed by atoms with Crippen LogP contribution in [0.25, 0.3) is 22.3 Å². The lowest BCUT2D eigenvalue weighted by molar-refractivity contribution is 0.590. The van der Waals surface area contributed by atoms with E-state index in [4.69, 9.17) is 0 Å². The van der Waals surface area contributed by atoms with Crippen LogP contribution in [0.3, 0.4) is 0 Å². The zero-order valence-corrected chi connectivity index (χ0v) is 19.8. The Labute approximate surface area is 193 Å². The second-order valence-corrected chi connectivity index (χ2v) is 9.75. The second kappa shape index (κ2) is 9.04. The fraction of sp³-hybridized carbons (Fsp3) is 0.226. The predicted octanol–water partition coefficient (Wildman–Crippen LogP) is 8.86. The zero-order chi connectivity index (χ0) is 22.7. The molecule has 0 radical (unpaired) electrons. The van der Waals surface area contributed by atoms with Crippen LogP contribution >= 0.6 is 0 Å². The number of hydrogen-bond acceptors (Lipinski definition) is 1. The van der Waals surface area contributed by atoms with Crippen LogP contribution < -0.4 is 4.90 Å². The van der Waals surface area contributed by atoms with Crippen molar-refractivity contribution in [3.05, 3.63) is 109 Å². The summed E-state index contributed by atoms with van der Waals surface area (Å²) in [5.74, 6) is 0. The van der Waals surface area contributed by atoms with E-state index >= 15 is 0 Å². The standard InChI is InChI=1S/C31H33N/c1-23(2)32(30-21-17-28(18-22-30)31(3,4)5)29-19-15-27(16-20-29)26-13-11-25(12-14-26)24-9-7-6-8-10-24/h6-23H,1-5H3. The van der Waals surface area contributed by atoms with Crippen LogP contribution in [-0.2, 0) is 5.41 Å². The van der Waals surface area contributed by atoms with E-state index in [1.54, 1.807) is 0 Å². The van der Waals surface area contributed by atoms with Gasteiger partial charge in [0.2, 0.25) is 0 Å². The Morgan fingerprint density at radius 2 is 0.875 bits per heavy atom. The maximum Gasteiger partial charge on any atom is 0.0413 e. The van der Waals surface area contributed by atoms with E-state index in [1.165, 1.54) is 39.2 Å². The minimum Gasteiger partial charge on any atom is -0.339 e. The van der Waals surface area contributed by atoms with Crippen LogP contribution in [-0.4, -0.2) is 6.04 Å². The van der Waals surface area contributed by atoms with Gasteiger partial charge in [0.25, 0.3) is 0 Å². The van der Waals surface area contributed by atoms with Crippen molar-refractivity contribution < 1.29 is 0 Å². The van der Waals surface area contributed by atoms with E-state index in [1.807, 2.05) is 0 Å². The van der Waals surface area contributed by atoms with Gasteiger partial charge in [-0.15, -0.1) is 0 Å². The number of anilines is 2. The Morgan fingerprint density at radius 1 is 0.500 bits per heavy atom. The summed E-state index contributed by atoms with van der Waals surface area (Å²) in [6.45, 7) is 11.3. The molecule has 1 nitrogen and oxygen atoms in total. The van der Waals surface area contributed by atoms with Crippen LogP contribution in [0.5, 0.6) is 0 Å². The number of nitrogens with zero attached hydrogens (tertiary/aromatic N) is 1. The molecule has 0 heterocycles. The maximum atomic E-state index is 2.40. The summed E-state index contributed by atoms with van der Waals surface area (Å²) < 4.78 is 0. The monoisotopic (exact) mass is 419 g/mol. The lowest BCUT2D eigenvalue weighted by atomic mass is 9.87. The van der Waals surface area contributed by atoms with Crippen molar-refractivity contribution in [1.29, 1.82) is 0 Å². The van der Waals surface area contributed by atoms with E-state index in [0.29, 0.717) is 6.04 Å². The average molecular weight is 420 g/mol. The molecule has 4 aromatic carbocycles. The minimum absolute atomic E-state index is 0.166. The van der Waals surface area contributed by atoms with Gasteiger partial charge in [-0.25, -0.2) is 0 Å². The van der Waals surface area contributed by atoms with Crippen LogP contribution in [0.2, 0.25) is 0 Å². The van der Waals surface area contributed by atoms with Crippen molar-refractivity contribution in [3.63, 3.8) is 0 Å². The lowest BCUT2D eigenvalue weighted by Crippen LogP contribution is -2.25. The second-order valence-electron chi connectivity index (χ2n) is 9.75. The zero-order valence-electron chi connectivity index (χ0n) is 19.8. The predicted molar refractivity (Wildman–Crippen MR) is 140 cm³/mol. The summed E-state index contributed by atoms with van der Waals surface area (Å²) in [5, 5.41) is 0. The van der Waals surface area contributed by atoms with E-state index < -0.39 is 0 Å². The van der Waals surface area contributed by atoms with Gasteiger partial charge in [0, 0.05) is 17.4 Å². The summed E-state index contributed by atoms with van der Waals surface area (Å²) in [4.78, 5) is 2.40. The molecule has 0 saturated carbocycles. The van der Waals surface area contributed by atoms with Gasteiger partial charge >= 0.3 is 0 Å². The third-order valence-corrected chi connectivity index (χ3v) is 6.00.